The van der Waals surface area contributed by atoms with Crippen molar-refractivity contribution in [3.05, 3.63) is 72.3 Å². The van der Waals surface area contributed by atoms with Crippen LogP contribution in [0.25, 0.3) is 0 Å². The molecule has 0 aliphatic carbocycles. The summed E-state index contributed by atoms with van der Waals surface area (Å²) in [4.78, 5) is 49.8. The summed E-state index contributed by atoms with van der Waals surface area (Å²) < 4.78 is 20.7. The summed E-state index contributed by atoms with van der Waals surface area (Å²) in [5, 5.41) is 7.39. The average Bonchev–Trinajstić information content (AvgIpc) is 2.83. The van der Waals surface area contributed by atoms with Gasteiger partial charge in [-0.3, -0.25) is 19.8 Å². The van der Waals surface area contributed by atoms with E-state index < -0.39 is 36.6 Å². The van der Waals surface area contributed by atoms with Crippen molar-refractivity contribution in [2.24, 2.45) is 5.73 Å². The molecule has 0 radical (unpaired) electrons. The molecule has 1 atom stereocenters. The summed E-state index contributed by atoms with van der Waals surface area (Å²) >= 11 is 0. The van der Waals surface area contributed by atoms with Gasteiger partial charge in [0.25, 0.3) is 0 Å². The molecule has 1 unspecified atom stereocenters. The Morgan fingerprint density at radius 1 is 1.03 bits per heavy atom. The second-order valence-electron chi connectivity index (χ2n) is 7.22. The van der Waals surface area contributed by atoms with Crippen molar-refractivity contribution >= 4 is 29.7 Å². The van der Waals surface area contributed by atoms with Gasteiger partial charge in [-0.25, -0.2) is 4.79 Å². The lowest BCUT2D eigenvalue weighted by Gasteiger charge is -2.25. The highest BCUT2D eigenvalue weighted by atomic mass is 16.7. The van der Waals surface area contributed by atoms with Crippen molar-refractivity contribution in [1.29, 1.82) is 5.41 Å². The molecule has 11 heteroatoms. The summed E-state index contributed by atoms with van der Waals surface area (Å²) in [6.45, 7) is 6.02. The van der Waals surface area contributed by atoms with Crippen molar-refractivity contribution in [3.8, 4) is 11.5 Å². The number of amidine groups is 1. The van der Waals surface area contributed by atoms with Crippen LogP contribution < -0.4 is 15.2 Å². The summed E-state index contributed by atoms with van der Waals surface area (Å²) in [7, 11) is 0. The summed E-state index contributed by atoms with van der Waals surface area (Å²) in [6, 6.07) is 11.7. The second kappa shape index (κ2) is 13.3. The second-order valence-corrected chi connectivity index (χ2v) is 7.22. The third-order valence-corrected chi connectivity index (χ3v) is 4.47. The zero-order valence-electron chi connectivity index (χ0n) is 19.9. The third kappa shape index (κ3) is 8.28. The van der Waals surface area contributed by atoms with Crippen LogP contribution >= 0.6 is 0 Å². The Morgan fingerprint density at radius 3 is 2.14 bits per heavy atom. The highest BCUT2D eigenvalue weighted by Crippen LogP contribution is 2.18. The zero-order valence-corrected chi connectivity index (χ0v) is 19.9. The lowest BCUT2D eigenvalue weighted by Crippen LogP contribution is -2.46. The van der Waals surface area contributed by atoms with E-state index in [1.807, 2.05) is 0 Å². The molecular weight excluding hydrogens is 470 g/mol. The molecule has 0 aromatic heterocycles. The van der Waals surface area contributed by atoms with Crippen LogP contribution in [0.4, 0.5) is 0 Å². The Hall–Kier alpha value is -4.67. The molecule has 2 rings (SSSR count). The number of ether oxygens (including phenoxy) is 4. The molecular formula is C25H27N3O8. The molecule has 2 aromatic rings. The molecule has 36 heavy (non-hydrogen) atoms. The first-order valence-electron chi connectivity index (χ1n) is 10.8. The van der Waals surface area contributed by atoms with E-state index in [0.717, 1.165) is 11.8 Å². The van der Waals surface area contributed by atoms with Crippen LogP contribution in [0, 0.1) is 5.41 Å². The molecule has 0 spiro atoms. The van der Waals surface area contributed by atoms with Gasteiger partial charge in [-0.05, 0) is 55.5 Å². The maximum atomic E-state index is 12.9. The summed E-state index contributed by atoms with van der Waals surface area (Å²) in [5.41, 5.74) is 6.07. The van der Waals surface area contributed by atoms with E-state index in [0.29, 0.717) is 5.56 Å². The number of nitrogens with one attached hydrogen (secondary N) is 1. The minimum absolute atomic E-state index is 0.0169. The Bertz CT molecular complexity index is 1110. The molecule has 0 fully saturated rings. The lowest BCUT2D eigenvalue weighted by atomic mass is 10.2. The van der Waals surface area contributed by atoms with Gasteiger partial charge in [0, 0.05) is 19.0 Å². The van der Waals surface area contributed by atoms with Gasteiger partial charge in [0.15, 0.2) is 0 Å². The molecule has 0 bridgehead atoms. The van der Waals surface area contributed by atoms with Crippen LogP contribution in [0.3, 0.4) is 0 Å². The van der Waals surface area contributed by atoms with E-state index in [2.05, 4.69) is 6.58 Å². The lowest BCUT2D eigenvalue weighted by molar-refractivity contribution is -0.177. The van der Waals surface area contributed by atoms with Crippen molar-refractivity contribution in [1.82, 2.24) is 4.90 Å². The van der Waals surface area contributed by atoms with E-state index in [1.54, 1.807) is 19.1 Å². The number of hydrogen-bond donors (Lipinski definition) is 2. The number of hydrogen-bond acceptors (Lipinski definition) is 9. The smallest absolute Gasteiger partial charge is 0.343 e. The molecule has 2 aromatic carbocycles. The number of benzene rings is 2. The van der Waals surface area contributed by atoms with Crippen LogP contribution in [0.2, 0.25) is 0 Å². The van der Waals surface area contributed by atoms with Crippen molar-refractivity contribution in [2.75, 3.05) is 19.7 Å². The molecule has 0 heterocycles. The van der Waals surface area contributed by atoms with Gasteiger partial charge in [0.1, 0.15) is 23.9 Å². The molecule has 1 amide bonds. The van der Waals surface area contributed by atoms with Crippen molar-refractivity contribution in [2.45, 2.75) is 20.1 Å². The average molecular weight is 498 g/mol. The van der Waals surface area contributed by atoms with Crippen molar-refractivity contribution in [3.63, 3.8) is 0 Å². The first-order valence-corrected chi connectivity index (χ1v) is 10.8. The quantitative estimate of drug-likeness (QED) is 0.112. The fourth-order valence-corrected chi connectivity index (χ4v) is 2.84. The number of rotatable bonds is 12. The normalized spacial score (nSPS) is 10.9. The highest BCUT2D eigenvalue weighted by molar-refractivity contribution is 5.95. The molecule has 0 saturated carbocycles. The SMILES string of the molecule is C=CCN(CC(=O)OCC)C(=O)C(OC(C)=O)Oc1ccc(C(=O)Oc2ccc(C(=N)N)cc2)cc1. The first-order chi connectivity index (χ1) is 17.1. The molecule has 0 aliphatic heterocycles. The van der Waals surface area contributed by atoms with E-state index in [1.165, 1.54) is 42.5 Å². The van der Waals surface area contributed by atoms with Crippen LogP contribution in [-0.2, 0) is 23.9 Å². The molecule has 3 N–H and O–H groups in total. The van der Waals surface area contributed by atoms with Gasteiger partial charge in [0.2, 0.25) is 0 Å². The van der Waals surface area contributed by atoms with Crippen LogP contribution in [0.5, 0.6) is 11.5 Å². The summed E-state index contributed by atoms with van der Waals surface area (Å²) in [5.74, 6) is -2.61. The third-order valence-electron chi connectivity index (χ3n) is 4.47. The minimum atomic E-state index is -1.69. The Balaban J connectivity index is 2.11. The maximum Gasteiger partial charge on any atom is 0.343 e. The Kier molecular flexibility index (Phi) is 10.2. The Morgan fingerprint density at radius 2 is 1.61 bits per heavy atom. The number of amides is 1. The number of carbonyl (C=O) groups excluding carboxylic acids is 4. The monoisotopic (exact) mass is 497 g/mol. The fraction of sp³-hybridized carbons (Fsp3) is 0.240. The molecule has 190 valence electrons. The number of nitrogens with zero attached hydrogens (tertiary/aromatic N) is 1. The van der Waals surface area contributed by atoms with Gasteiger partial charge in [-0.15, -0.1) is 6.58 Å². The summed E-state index contributed by atoms with van der Waals surface area (Å²) in [6.07, 6.45) is -0.287. The number of esters is 3. The van der Waals surface area contributed by atoms with E-state index in [4.69, 9.17) is 30.1 Å². The predicted molar refractivity (Wildman–Crippen MR) is 128 cm³/mol. The molecule has 0 aliphatic rings. The van der Waals surface area contributed by atoms with Gasteiger partial charge in [-0.2, -0.15) is 0 Å². The molecule has 0 saturated heterocycles. The largest absolute Gasteiger partial charge is 0.465 e. The van der Waals surface area contributed by atoms with Gasteiger partial charge >= 0.3 is 30.1 Å². The Labute approximate surface area is 207 Å². The van der Waals surface area contributed by atoms with Crippen LogP contribution in [0.1, 0.15) is 29.8 Å². The van der Waals surface area contributed by atoms with Crippen LogP contribution in [-0.4, -0.2) is 60.5 Å². The number of carbonyl (C=O) groups is 4. The van der Waals surface area contributed by atoms with Gasteiger partial charge < -0.3 is 29.6 Å². The first kappa shape index (κ1) is 27.6. The standard InChI is InChI=1S/C25H27N3O8/c1-4-14-28(15-21(30)33-5-2)23(31)25(34-16(3)29)36-20-12-8-18(9-13-20)24(32)35-19-10-6-17(7-11-19)22(26)27/h4,6-13,25H,1,5,14-15H2,2-3H3,(H3,26,27). The number of nitrogens with two attached hydrogens (primary N) is 1. The fourth-order valence-electron chi connectivity index (χ4n) is 2.84. The van der Waals surface area contributed by atoms with E-state index in [9.17, 15) is 19.2 Å². The van der Waals surface area contributed by atoms with Crippen LogP contribution in [0.15, 0.2) is 61.2 Å². The highest BCUT2D eigenvalue weighted by Gasteiger charge is 2.30. The molecule has 11 nitrogen and oxygen atoms in total. The maximum absolute atomic E-state index is 12.9. The predicted octanol–water partition coefficient (Wildman–Crippen LogP) is 2.04. The van der Waals surface area contributed by atoms with Gasteiger partial charge in [0.05, 0.1) is 12.2 Å². The zero-order chi connectivity index (χ0) is 26.7. The van der Waals surface area contributed by atoms with E-state index >= 15 is 0 Å². The van der Waals surface area contributed by atoms with E-state index in [-0.39, 0.29) is 36.0 Å². The van der Waals surface area contributed by atoms with Crippen molar-refractivity contribution < 1.29 is 38.1 Å². The topological polar surface area (TPSA) is 158 Å². The minimum Gasteiger partial charge on any atom is -0.465 e. The van der Waals surface area contributed by atoms with Gasteiger partial charge in [-0.1, -0.05) is 6.08 Å². The number of nitrogen functional groups attached to an aromatic ring is 1.